The summed E-state index contributed by atoms with van der Waals surface area (Å²) in [6.07, 6.45) is 0. The van der Waals surface area contributed by atoms with Crippen LogP contribution in [0.1, 0.15) is 38.7 Å². The van der Waals surface area contributed by atoms with Crippen LogP contribution in [0.2, 0.25) is 0 Å². The molecule has 0 saturated carbocycles. The van der Waals surface area contributed by atoms with Gasteiger partial charge in [0.1, 0.15) is 0 Å². The lowest BCUT2D eigenvalue weighted by Gasteiger charge is -2.35. The Balaban J connectivity index is 1.56. The zero-order valence-corrected chi connectivity index (χ0v) is 28.4. The van der Waals surface area contributed by atoms with E-state index in [2.05, 4.69) is 0 Å². The molecule has 0 N–H and O–H groups in total. The third-order valence-electron chi connectivity index (χ3n) is 9.60. The van der Waals surface area contributed by atoms with Crippen LogP contribution < -0.4 is 26.2 Å². The molecule has 1 fully saturated rings. The average molecular weight is 653 g/mol. The van der Waals surface area contributed by atoms with Gasteiger partial charge in [0.05, 0.1) is 22.2 Å². The van der Waals surface area contributed by atoms with Crippen LogP contribution in [0.15, 0.2) is 151 Å². The van der Waals surface area contributed by atoms with E-state index in [0.717, 1.165) is 20.2 Å². The molecule has 0 amide bonds. The second kappa shape index (κ2) is 11.5. The van der Waals surface area contributed by atoms with E-state index in [1.54, 1.807) is 11.3 Å². The van der Waals surface area contributed by atoms with Gasteiger partial charge in [0.15, 0.2) is 8.07 Å². The molecule has 1 saturated heterocycles. The standard InChI is InChI=1S/C42H37BO2SSi/c1-41(2)42(3,4)45-43(44-41)31-17-14-23-35(29-31)47(32-18-7-5-8-19-32,33-20-9-6-10-21-33)34-22-13-16-30(28-34)36-25-15-26-38-37-24-11-12-27-39(37)46-40(36)38/h5-29H,1-4H3/i13D,14D,16D,17D,22D,23D,28D,29D. The predicted molar refractivity (Wildman–Crippen MR) is 204 cm³/mol. The second-order valence-corrected chi connectivity index (χ2v) is 17.6. The molecule has 1 aromatic heterocycles. The fourth-order valence-corrected chi connectivity index (χ4v) is 12.0. The van der Waals surface area contributed by atoms with E-state index in [1.165, 1.54) is 0 Å². The summed E-state index contributed by atoms with van der Waals surface area (Å²) in [6, 6.07) is 29.6. The summed E-state index contributed by atoms with van der Waals surface area (Å²) in [5.74, 6) is 0. The monoisotopic (exact) mass is 652 g/mol. The van der Waals surface area contributed by atoms with Crippen LogP contribution in [-0.2, 0) is 9.31 Å². The van der Waals surface area contributed by atoms with E-state index in [1.807, 2.05) is 131 Å². The summed E-state index contributed by atoms with van der Waals surface area (Å²) in [4.78, 5) is 0. The first kappa shape index (κ1) is 22.3. The Morgan fingerprint density at radius 3 is 1.85 bits per heavy atom. The Labute approximate surface area is 294 Å². The lowest BCUT2D eigenvalue weighted by molar-refractivity contribution is 0.00578. The van der Waals surface area contributed by atoms with Crippen LogP contribution in [0.3, 0.4) is 0 Å². The highest BCUT2D eigenvalue weighted by atomic mass is 32.1. The molecular formula is C42H37BO2SSi. The average Bonchev–Trinajstić information content (AvgIpc) is 3.65. The van der Waals surface area contributed by atoms with Gasteiger partial charge < -0.3 is 9.31 Å². The minimum Gasteiger partial charge on any atom is -0.399 e. The molecule has 0 spiro atoms. The lowest BCUT2D eigenvalue weighted by Crippen LogP contribution is -2.75. The molecule has 2 heterocycles. The molecule has 0 aliphatic carbocycles. The summed E-state index contributed by atoms with van der Waals surface area (Å²) in [7, 11) is -5.48. The Morgan fingerprint density at radius 2 is 1.17 bits per heavy atom. The summed E-state index contributed by atoms with van der Waals surface area (Å²) in [6.45, 7) is 7.46. The quantitative estimate of drug-likeness (QED) is 0.138. The zero-order valence-electron chi connectivity index (χ0n) is 34.6. The van der Waals surface area contributed by atoms with E-state index < -0.39 is 32.4 Å². The van der Waals surface area contributed by atoms with E-state index in [4.69, 9.17) is 10.7 Å². The predicted octanol–water partition coefficient (Wildman–Crippen LogP) is 7.40. The van der Waals surface area contributed by atoms with Crippen molar-refractivity contribution in [3.05, 3.63) is 151 Å². The van der Waals surface area contributed by atoms with Gasteiger partial charge in [-0.25, -0.2) is 0 Å². The molecule has 0 bridgehead atoms. The molecule has 0 radical (unpaired) electrons. The number of thiophene rings is 1. The Bertz CT molecular complexity index is 2610. The summed E-state index contributed by atoms with van der Waals surface area (Å²) in [5, 5.41) is 3.43. The van der Waals surface area contributed by atoms with Crippen molar-refractivity contribution >= 4 is 72.9 Å². The fraction of sp³-hybridized carbons (Fsp3) is 0.143. The SMILES string of the molecule is [2H]c1c([2H])c(B2OC(C)(C)C(C)(C)O2)c([2H])c([Si](c2ccccc2)(c2ccccc2)c2c([2H])c([2H])c([2H])c(-c3cccc4c3sc3ccccc34)c2[2H])c1[2H]. The van der Waals surface area contributed by atoms with Gasteiger partial charge in [0.2, 0.25) is 0 Å². The Hall–Kier alpha value is -4.26. The molecule has 0 unspecified atom stereocenters. The van der Waals surface area contributed by atoms with Crippen LogP contribution >= 0.6 is 11.3 Å². The molecule has 5 heteroatoms. The number of benzene rings is 6. The summed E-state index contributed by atoms with van der Waals surface area (Å²) >= 11 is 1.54. The van der Waals surface area contributed by atoms with E-state index >= 15 is 0 Å². The van der Waals surface area contributed by atoms with Crippen molar-refractivity contribution in [2.45, 2.75) is 38.9 Å². The maximum Gasteiger partial charge on any atom is 0.494 e. The number of fused-ring (bicyclic) bond motifs is 3. The van der Waals surface area contributed by atoms with Crippen LogP contribution in [-0.4, -0.2) is 26.4 Å². The molecule has 1 aliphatic rings. The number of rotatable bonds is 6. The van der Waals surface area contributed by atoms with Crippen molar-refractivity contribution in [2.75, 3.05) is 0 Å². The minimum absolute atomic E-state index is 0.00470. The topological polar surface area (TPSA) is 18.5 Å². The minimum atomic E-state index is -4.27. The molecule has 6 aromatic carbocycles. The molecule has 230 valence electrons. The zero-order chi connectivity index (χ0) is 39.2. The van der Waals surface area contributed by atoms with Gasteiger partial charge in [-0.3, -0.25) is 0 Å². The van der Waals surface area contributed by atoms with Crippen molar-refractivity contribution in [1.82, 2.24) is 0 Å². The third-order valence-corrected chi connectivity index (χ3v) is 15.2. The van der Waals surface area contributed by atoms with Gasteiger partial charge in [-0.2, -0.15) is 0 Å². The molecular weight excluding hydrogens is 607 g/mol. The van der Waals surface area contributed by atoms with E-state index in [9.17, 15) is 9.60 Å². The van der Waals surface area contributed by atoms with E-state index in [0.29, 0.717) is 15.9 Å². The van der Waals surface area contributed by atoms with E-state index in [-0.39, 0.29) is 63.7 Å². The summed E-state index contributed by atoms with van der Waals surface area (Å²) in [5.41, 5.74) is -0.896. The highest BCUT2D eigenvalue weighted by Crippen LogP contribution is 2.40. The van der Waals surface area contributed by atoms with Crippen molar-refractivity contribution in [3.8, 4) is 11.1 Å². The fourth-order valence-electron chi connectivity index (χ4n) is 6.48. The maximum absolute atomic E-state index is 10.2. The van der Waals surface area contributed by atoms with Gasteiger partial charge in [-0.1, -0.05) is 145 Å². The Morgan fingerprint density at radius 1 is 0.596 bits per heavy atom. The Kier molecular flexibility index (Phi) is 5.45. The maximum atomic E-state index is 10.2. The summed E-state index contributed by atoms with van der Waals surface area (Å²) < 4.78 is 91.3. The third kappa shape index (κ3) is 4.92. The van der Waals surface area contributed by atoms with Crippen LogP contribution in [0, 0.1) is 0 Å². The highest BCUT2D eigenvalue weighted by Gasteiger charge is 2.52. The van der Waals surface area contributed by atoms with Gasteiger partial charge in [0.25, 0.3) is 0 Å². The van der Waals surface area contributed by atoms with Crippen LogP contribution in [0.25, 0.3) is 31.3 Å². The van der Waals surface area contributed by atoms with Crippen LogP contribution in [0.5, 0.6) is 0 Å². The molecule has 2 nitrogen and oxygen atoms in total. The van der Waals surface area contributed by atoms with Gasteiger partial charge in [-0.05, 0) is 71.1 Å². The first-order valence-corrected chi connectivity index (χ1v) is 18.5. The number of hydrogen-bond acceptors (Lipinski definition) is 3. The largest absolute Gasteiger partial charge is 0.494 e. The smallest absolute Gasteiger partial charge is 0.399 e. The first-order chi connectivity index (χ1) is 26.1. The molecule has 47 heavy (non-hydrogen) atoms. The molecule has 1 aliphatic heterocycles. The first-order valence-electron chi connectivity index (χ1n) is 19.7. The molecule has 7 aromatic rings. The van der Waals surface area contributed by atoms with Gasteiger partial charge in [-0.15, -0.1) is 11.3 Å². The normalized spacial score (nSPS) is 18.2. The number of hydrogen-bond donors (Lipinski definition) is 0. The van der Waals surface area contributed by atoms with Crippen molar-refractivity contribution in [2.24, 2.45) is 0 Å². The van der Waals surface area contributed by atoms with Gasteiger partial charge in [0, 0.05) is 20.2 Å². The molecule has 8 rings (SSSR count). The van der Waals surface area contributed by atoms with Gasteiger partial charge >= 0.3 is 7.12 Å². The van der Waals surface area contributed by atoms with Crippen molar-refractivity contribution in [3.63, 3.8) is 0 Å². The second-order valence-electron chi connectivity index (χ2n) is 12.9. The van der Waals surface area contributed by atoms with Crippen LogP contribution in [0.4, 0.5) is 0 Å². The lowest BCUT2D eigenvalue weighted by atomic mass is 9.79. The highest BCUT2D eigenvalue weighted by molar-refractivity contribution is 7.26. The molecule has 0 atom stereocenters. The van der Waals surface area contributed by atoms with Crippen molar-refractivity contribution < 1.29 is 20.3 Å². The van der Waals surface area contributed by atoms with Crippen molar-refractivity contribution in [1.29, 1.82) is 0 Å².